The highest BCUT2D eigenvalue weighted by atomic mass is 16.6. The number of hydrogen-bond acceptors (Lipinski definition) is 6. The molecule has 6 nitrogen and oxygen atoms in total. The highest BCUT2D eigenvalue weighted by Crippen LogP contribution is 2.17. The van der Waals surface area contributed by atoms with Gasteiger partial charge in [0.2, 0.25) is 0 Å². The predicted molar refractivity (Wildman–Crippen MR) is 298 cm³/mol. The zero-order valence-corrected chi connectivity index (χ0v) is 46.3. The van der Waals surface area contributed by atoms with Crippen LogP contribution in [0.25, 0.3) is 0 Å². The SMILES string of the molecule is CCCC/C=C\C/C=C\CCCCCCCC(=O)OC[C@H](COC(=O)CCCCCCCCC/C=C\CCCCCCCCCC)OC(=O)CCCCCCCCCCCCCCCCCCCC. The zero-order chi connectivity index (χ0) is 50.0. The fraction of sp³-hybridized carbons (Fsp3) is 0.857. The molecule has 0 aliphatic carbocycles. The van der Waals surface area contributed by atoms with Crippen LogP contribution in [0.2, 0.25) is 0 Å². The smallest absolute Gasteiger partial charge is 0.306 e. The van der Waals surface area contributed by atoms with Gasteiger partial charge in [-0.1, -0.05) is 276 Å². The minimum atomic E-state index is -0.777. The molecule has 69 heavy (non-hydrogen) atoms. The van der Waals surface area contributed by atoms with E-state index in [1.165, 1.54) is 212 Å². The van der Waals surface area contributed by atoms with Gasteiger partial charge in [-0.05, 0) is 70.6 Å². The van der Waals surface area contributed by atoms with Crippen LogP contribution < -0.4 is 0 Å². The molecule has 0 radical (unpaired) electrons. The molecule has 0 unspecified atom stereocenters. The summed E-state index contributed by atoms with van der Waals surface area (Å²) < 4.78 is 16.9. The molecule has 0 amide bonds. The number of carbonyl (C=O) groups excluding carboxylic acids is 3. The molecule has 0 saturated heterocycles. The molecule has 1 atom stereocenters. The predicted octanol–water partition coefficient (Wildman–Crippen LogP) is 20.4. The van der Waals surface area contributed by atoms with Crippen molar-refractivity contribution in [3.63, 3.8) is 0 Å². The number of rotatable bonds is 56. The Morgan fingerprint density at radius 3 is 0.855 bits per heavy atom. The lowest BCUT2D eigenvalue weighted by atomic mass is 10.0. The van der Waals surface area contributed by atoms with E-state index < -0.39 is 6.10 Å². The van der Waals surface area contributed by atoms with Gasteiger partial charge in [0, 0.05) is 19.3 Å². The average Bonchev–Trinajstić information content (AvgIpc) is 3.35. The van der Waals surface area contributed by atoms with Crippen LogP contribution in [0.4, 0.5) is 0 Å². The number of hydrogen-bond donors (Lipinski definition) is 0. The van der Waals surface area contributed by atoms with Crippen molar-refractivity contribution in [1.29, 1.82) is 0 Å². The van der Waals surface area contributed by atoms with Crippen LogP contribution in [0.5, 0.6) is 0 Å². The van der Waals surface area contributed by atoms with Crippen LogP contribution in [-0.2, 0) is 28.6 Å². The molecule has 0 rings (SSSR count). The third kappa shape index (κ3) is 56.4. The minimum Gasteiger partial charge on any atom is -0.462 e. The molecule has 0 aromatic rings. The van der Waals surface area contributed by atoms with E-state index in [9.17, 15) is 14.4 Å². The van der Waals surface area contributed by atoms with Gasteiger partial charge in [-0.2, -0.15) is 0 Å². The second-order valence-corrected chi connectivity index (χ2v) is 20.6. The van der Waals surface area contributed by atoms with Gasteiger partial charge >= 0.3 is 17.9 Å². The van der Waals surface area contributed by atoms with Gasteiger partial charge in [-0.3, -0.25) is 14.4 Å². The first-order valence-corrected chi connectivity index (χ1v) is 30.5. The number of allylic oxidation sites excluding steroid dienone is 6. The van der Waals surface area contributed by atoms with Crippen molar-refractivity contribution >= 4 is 17.9 Å². The van der Waals surface area contributed by atoms with E-state index in [4.69, 9.17) is 14.2 Å². The molecule has 0 heterocycles. The monoisotopic (exact) mass is 969 g/mol. The molecular weight excluding hydrogens is 853 g/mol. The first kappa shape index (κ1) is 66.6. The van der Waals surface area contributed by atoms with Crippen molar-refractivity contribution in [2.75, 3.05) is 13.2 Å². The molecule has 0 aliphatic heterocycles. The molecule has 0 bridgehead atoms. The van der Waals surface area contributed by atoms with Crippen LogP contribution in [0.15, 0.2) is 36.5 Å². The van der Waals surface area contributed by atoms with Gasteiger partial charge in [0.25, 0.3) is 0 Å². The Balaban J connectivity index is 4.34. The van der Waals surface area contributed by atoms with Crippen molar-refractivity contribution in [3.05, 3.63) is 36.5 Å². The summed E-state index contributed by atoms with van der Waals surface area (Å²) in [5.41, 5.74) is 0. The maximum Gasteiger partial charge on any atom is 0.306 e. The molecule has 0 aromatic carbocycles. The van der Waals surface area contributed by atoms with Gasteiger partial charge in [0.15, 0.2) is 6.10 Å². The normalized spacial score (nSPS) is 12.2. The van der Waals surface area contributed by atoms with Crippen molar-refractivity contribution in [2.45, 2.75) is 335 Å². The standard InChI is InChI=1S/C63H116O6/c1-4-7-10-13-16-19-22-25-28-30-32-34-35-38-41-44-47-50-53-56-62(65)68-59-60(58-67-61(64)55-52-49-46-43-40-37-27-24-21-18-15-12-9-6-3)69-63(66)57-54-51-48-45-42-39-36-33-31-29-26-23-20-17-14-11-8-5-2/h15,18,24,27,30,32,60H,4-14,16-17,19-23,25-26,28-29,31,33-59H2,1-3H3/b18-15-,27-24-,32-30-/t60-/m1/s1. The Labute approximate surface area is 429 Å². The summed E-state index contributed by atoms with van der Waals surface area (Å²) in [5.74, 6) is -0.873. The van der Waals surface area contributed by atoms with Gasteiger partial charge in [-0.15, -0.1) is 0 Å². The molecule has 0 fully saturated rings. The fourth-order valence-electron chi connectivity index (χ4n) is 8.99. The van der Waals surface area contributed by atoms with Crippen molar-refractivity contribution in [3.8, 4) is 0 Å². The Morgan fingerprint density at radius 1 is 0.290 bits per heavy atom. The molecule has 0 N–H and O–H groups in total. The average molecular weight is 970 g/mol. The van der Waals surface area contributed by atoms with E-state index in [1.54, 1.807) is 0 Å². The number of esters is 3. The summed E-state index contributed by atoms with van der Waals surface area (Å²) in [6.45, 7) is 6.64. The molecule has 0 aliphatic rings. The summed E-state index contributed by atoms with van der Waals surface area (Å²) >= 11 is 0. The number of carbonyl (C=O) groups is 3. The molecular formula is C63H116O6. The Hall–Kier alpha value is -2.37. The quantitative estimate of drug-likeness (QED) is 0.0261. The third-order valence-electron chi connectivity index (χ3n) is 13.6. The summed E-state index contributed by atoms with van der Waals surface area (Å²) in [5, 5.41) is 0. The molecule has 0 saturated carbocycles. The maximum absolute atomic E-state index is 12.9. The summed E-state index contributed by atoms with van der Waals surface area (Å²) in [6, 6.07) is 0. The van der Waals surface area contributed by atoms with Crippen LogP contribution in [0.1, 0.15) is 329 Å². The van der Waals surface area contributed by atoms with Gasteiger partial charge in [0.1, 0.15) is 13.2 Å². The minimum absolute atomic E-state index is 0.0753. The van der Waals surface area contributed by atoms with Crippen molar-refractivity contribution in [1.82, 2.24) is 0 Å². The van der Waals surface area contributed by atoms with E-state index in [2.05, 4.69) is 57.2 Å². The van der Waals surface area contributed by atoms with Crippen LogP contribution >= 0.6 is 0 Å². The molecule has 0 aromatic heterocycles. The summed E-state index contributed by atoms with van der Waals surface area (Å²) in [6.07, 6.45) is 70.0. The number of ether oxygens (including phenoxy) is 3. The van der Waals surface area contributed by atoms with Crippen molar-refractivity contribution < 1.29 is 28.6 Å². The first-order valence-electron chi connectivity index (χ1n) is 30.5. The van der Waals surface area contributed by atoms with Crippen molar-refractivity contribution in [2.24, 2.45) is 0 Å². The fourth-order valence-corrected chi connectivity index (χ4v) is 8.99. The van der Waals surface area contributed by atoms with E-state index in [0.717, 1.165) is 77.0 Å². The first-order chi connectivity index (χ1) is 34.0. The van der Waals surface area contributed by atoms with Gasteiger partial charge in [0.05, 0.1) is 0 Å². The lowest BCUT2D eigenvalue weighted by molar-refractivity contribution is -0.167. The highest BCUT2D eigenvalue weighted by Gasteiger charge is 2.19. The second-order valence-electron chi connectivity index (χ2n) is 20.6. The number of unbranched alkanes of at least 4 members (excludes halogenated alkanes) is 39. The van der Waals surface area contributed by atoms with Gasteiger partial charge < -0.3 is 14.2 Å². The van der Waals surface area contributed by atoms with E-state index in [-0.39, 0.29) is 31.1 Å². The lowest BCUT2D eigenvalue weighted by Gasteiger charge is -2.18. The highest BCUT2D eigenvalue weighted by molar-refractivity contribution is 5.71. The molecule has 6 heteroatoms. The Bertz CT molecular complexity index is 1160. The third-order valence-corrected chi connectivity index (χ3v) is 13.6. The molecule has 0 spiro atoms. The summed E-state index contributed by atoms with van der Waals surface area (Å²) in [4.78, 5) is 38.2. The molecule has 404 valence electrons. The van der Waals surface area contributed by atoms with Gasteiger partial charge in [-0.25, -0.2) is 0 Å². The van der Waals surface area contributed by atoms with E-state index in [1.807, 2.05) is 0 Å². The lowest BCUT2D eigenvalue weighted by Crippen LogP contribution is -2.30. The van der Waals surface area contributed by atoms with Crippen LogP contribution in [0.3, 0.4) is 0 Å². The van der Waals surface area contributed by atoms with Crippen LogP contribution in [0, 0.1) is 0 Å². The maximum atomic E-state index is 12.9. The summed E-state index contributed by atoms with van der Waals surface area (Å²) in [7, 11) is 0. The Kier molecular flexibility index (Phi) is 56.2. The van der Waals surface area contributed by atoms with Crippen LogP contribution in [-0.4, -0.2) is 37.2 Å². The second kappa shape index (κ2) is 58.2. The Morgan fingerprint density at radius 2 is 0.536 bits per heavy atom. The van der Waals surface area contributed by atoms with E-state index in [0.29, 0.717) is 19.3 Å². The zero-order valence-electron chi connectivity index (χ0n) is 46.3. The topological polar surface area (TPSA) is 78.9 Å². The van der Waals surface area contributed by atoms with E-state index >= 15 is 0 Å². The largest absolute Gasteiger partial charge is 0.462 e.